The Morgan fingerprint density at radius 3 is 2.43 bits per heavy atom. The Morgan fingerprint density at radius 2 is 2.00 bits per heavy atom. The lowest BCUT2D eigenvalue weighted by Crippen LogP contribution is -2.16. The maximum atomic E-state index is 11.4. The molecule has 0 aromatic carbocycles. The number of H-pyrrole nitrogens is 1. The quantitative estimate of drug-likeness (QED) is 0.525. The molecule has 6 heteroatoms. The molecule has 0 aliphatic rings. The van der Waals surface area contributed by atoms with Crippen LogP contribution in [0.5, 0.6) is 0 Å². The first-order valence-electron chi connectivity index (χ1n) is 3.77. The van der Waals surface area contributed by atoms with Gasteiger partial charge < -0.3 is 4.98 Å². The van der Waals surface area contributed by atoms with E-state index in [1.54, 1.807) is 6.07 Å². The van der Waals surface area contributed by atoms with E-state index in [2.05, 4.69) is 4.98 Å². The van der Waals surface area contributed by atoms with Crippen molar-refractivity contribution in [3.8, 4) is 6.07 Å². The van der Waals surface area contributed by atoms with Gasteiger partial charge in [0.05, 0.1) is 10.6 Å². The van der Waals surface area contributed by atoms with Crippen molar-refractivity contribution in [1.82, 2.24) is 4.98 Å². The van der Waals surface area contributed by atoms with Gasteiger partial charge in [-0.2, -0.15) is 5.26 Å². The SMILES string of the molecule is Cc1[nH]c(C)c([N+](=O)[O-])c(=O)c1C#N. The van der Waals surface area contributed by atoms with Crippen molar-refractivity contribution in [3.05, 3.63) is 37.3 Å². The number of hydrogen-bond donors (Lipinski definition) is 1. The summed E-state index contributed by atoms with van der Waals surface area (Å²) in [6, 6.07) is 1.64. The zero-order chi connectivity index (χ0) is 10.9. The van der Waals surface area contributed by atoms with Crippen LogP contribution in [0, 0.1) is 35.3 Å². The van der Waals surface area contributed by atoms with E-state index in [0.29, 0.717) is 5.69 Å². The predicted molar refractivity (Wildman–Crippen MR) is 47.9 cm³/mol. The summed E-state index contributed by atoms with van der Waals surface area (Å²) in [7, 11) is 0. The van der Waals surface area contributed by atoms with E-state index in [1.165, 1.54) is 13.8 Å². The molecule has 0 aliphatic carbocycles. The van der Waals surface area contributed by atoms with E-state index in [4.69, 9.17) is 5.26 Å². The lowest BCUT2D eigenvalue weighted by atomic mass is 10.1. The standard InChI is InChI=1S/C8H7N3O3/c1-4-6(3-9)8(12)7(11(13)14)5(2)10-4/h1-2H3,(H,10,12). The first-order valence-corrected chi connectivity index (χ1v) is 3.77. The third-order valence-corrected chi connectivity index (χ3v) is 1.84. The van der Waals surface area contributed by atoms with E-state index in [9.17, 15) is 14.9 Å². The van der Waals surface area contributed by atoms with Crippen LogP contribution in [0.25, 0.3) is 0 Å². The number of nitrogens with zero attached hydrogens (tertiary/aromatic N) is 2. The number of rotatable bonds is 1. The molecule has 1 aromatic rings. The topological polar surface area (TPSA) is 99.8 Å². The van der Waals surface area contributed by atoms with Crippen LogP contribution in [0.4, 0.5) is 5.69 Å². The average molecular weight is 193 g/mol. The summed E-state index contributed by atoms with van der Waals surface area (Å²) in [4.78, 5) is 23.7. The molecule has 0 saturated carbocycles. The van der Waals surface area contributed by atoms with Crippen molar-refractivity contribution < 1.29 is 4.92 Å². The summed E-state index contributed by atoms with van der Waals surface area (Å²) in [5.74, 6) is 0. The second-order valence-corrected chi connectivity index (χ2v) is 2.80. The Kier molecular flexibility index (Phi) is 2.34. The molecular weight excluding hydrogens is 186 g/mol. The first-order chi connectivity index (χ1) is 6.49. The van der Waals surface area contributed by atoms with Gasteiger partial charge in [-0.25, -0.2) is 0 Å². The van der Waals surface area contributed by atoms with E-state index >= 15 is 0 Å². The Labute approximate surface area is 79.0 Å². The van der Waals surface area contributed by atoms with Gasteiger partial charge >= 0.3 is 5.69 Å². The zero-order valence-electron chi connectivity index (χ0n) is 7.62. The lowest BCUT2D eigenvalue weighted by molar-refractivity contribution is -0.386. The van der Waals surface area contributed by atoms with Crippen molar-refractivity contribution in [3.63, 3.8) is 0 Å². The van der Waals surface area contributed by atoms with Crippen molar-refractivity contribution in [2.24, 2.45) is 0 Å². The van der Waals surface area contributed by atoms with Crippen LogP contribution in [-0.2, 0) is 0 Å². The average Bonchev–Trinajstić information content (AvgIpc) is 2.02. The summed E-state index contributed by atoms with van der Waals surface area (Å²) >= 11 is 0. The lowest BCUT2D eigenvalue weighted by Gasteiger charge is -2.00. The maximum absolute atomic E-state index is 11.4. The number of hydrogen-bond acceptors (Lipinski definition) is 4. The van der Waals surface area contributed by atoms with Gasteiger partial charge in [-0.3, -0.25) is 14.9 Å². The fourth-order valence-corrected chi connectivity index (χ4v) is 1.22. The van der Waals surface area contributed by atoms with Crippen LogP contribution in [0.2, 0.25) is 0 Å². The second-order valence-electron chi connectivity index (χ2n) is 2.80. The number of aryl methyl sites for hydroxylation is 2. The minimum Gasteiger partial charge on any atom is -0.356 e. The predicted octanol–water partition coefficient (Wildman–Crippen LogP) is 0.772. The highest BCUT2D eigenvalue weighted by Crippen LogP contribution is 2.12. The van der Waals surface area contributed by atoms with Crippen molar-refractivity contribution in [2.75, 3.05) is 0 Å². The summed E-state index contributed by atoms with van der Waals surface area (Å²) in [6.45, 7) is 2.95. The summed E-state index contributed by atoms with van der Waals surface area (Å²) in [5, 5.41) is 19.1. The molecule has 14 heavy (non-hydrogen) atoms. The summed E-state index contributed by atoms with van der Waals surface area (Å²) in [6.07, 6.45) is 0. The molecule has 0 unspecified atom stereocenters. The number of nitro groups is 1. The van der Waals surface area contributed by atoms with E-state index in [1.807, 2.05) is 0 Å². The molecule has 0 aliphatic heterocycles. The van der Waals surface area contributed by atoms with Crippen molar-refractivity contribution >= 4 is 5.69 Å². The fourth-order valence-electron chi connectivity index (χ4n) is 1.22. The van der Waals surface area contributed by atoms with Gasteiger partial charge in [0.25, 0.3) is 5.43 Å². The van der Waals surface area contributed by atoms with E-state index < -0.39 is 16.0 Å². The van der Waals surface area contributed by atoms with Crippen LogP contribution < -0.4 is 5.43 Å². The molecule has 0 saturated heterocycles. The highest BCUT2D eigenvalue weighted by molar-refractivity contribution is 5.45. The third kappa shape index (κ3) is 1.35. The van der Waals surface area contributed by atoms with Crippen LogP contribution in [0.1, 0.15) is 17.0 Å². The largest absolute Gasteiger partial charge is 0.356 e. The van der Waals surface area contributed by atoms with E-state index in [-0.39, 0.29) is 11.3 Å². The molecule has 0 amide bonds. The number of aromatic nitrogens is 1. The van der Waals surface area contributed by atoms with Crippen molar-refractivity contribution in [1.29, 1.82) is 5.26 Å². The van der Waals surface area contributed by atoms with Gasteiger partial charge in [0.15, 0.2) is 0 Å². The maximum Gasteiger partial charge on any atom is 0.336 e. The molecule has 1 N–H and O–H groups in total. The molecule has 6 nitrogen and oxygen atoms in total. The molecule has 0 fully saturated rings. The van der Waals surface area contributed by atoms with Crippen LogP contribution in [-0.4, -0.2) is 9.91 Å². The molecule has 0 spiro atoms. The molecule has 0 bridgehead atoms. The summed E-state index contributed by atoms with van der Waals surface area (Å²) in [5.41, 5.74) is -1.09. The molecule has 1 heterocycles. The van der Waals surface area contributed by atoms with Gasteiger partial charge in [-0.05, 0) is 13.8 Å². The minimum atomic E-state index is -0.828. The van der Waals surface area contributed by atoms with Gasteiger partial charge in [0, 0.05) is 5.69 Å². The Bertz CT molecular complexity index is 496. The molecule has 0 radical (unpaired) electrons. The zero-order valence-corrected chi connectivity index (χ0v) is 7.62. The molecule has 1 aromatic heterocycles. The van der Waals surface area contributed by atoms with Crippen LogP contribution in [0.15, 0.2) is 4.79 Å². The molecular formula is C8H7N3O3. The van der Waals surface area contributed by atoms with Crippen LogP contribution >= 0.6 is 0 Å². The van der Waals surface area contributed by atoms with Gasteiger partial charge in [-0.1, -0.05) is 0 Å². The normalized spacial score (nSPS) is 9.50. The summed E-state index contributed by atoms with van der Waals surface area (Å²) < 4.78 is 0. The number of aromatic amines is 1. The number of pyridine rings is 1. The minimum absolute atomic E-state index is 0.163. The molecule has 0 atom stereocenters. The van der Waals surface area contributed by atoms with Gasteiger partial charge in [0.1, 0.15) is 11.6 Å². The van der Waals surface area contributed by atoms with Gasteiger partial charge in [-0.15, -0.1) is 0 Å². The smallest absolute Gasteiger partial charge is 0.336 e. The fraction of sp³-hybridized carbons (Fsp3) is 0.250. The second kappa shape index (κ2) is 3.30. The Hall–Kier alpha value is -2.16. The number of nitrogens with one attached hydrogen (secondary N) is 1. The highest BCUT2D eigenvalue weighted by Gasteiger charge is 2.21. The molecule has 72 valence electrons. The van der Waals surface area contributed by atoms with Gasteiger partial charge in [0.2, 0.25) is 0 Å². The Balaban J connectivity index is 3.72. The Morgan fingerprint density at radius 1 is 1.43 bits per heavy atom. The first kappa shape index (κ1) is 9.92. The number of nitriles is 1. The third-order valence-electron chi connectivity index (χ3n) is 1.84. The molecule has 1 rings (SSSR count). The van der Waals surface area contributed by atoms with Crippen LogP contribution in [0.3, 0.4) is 0 Å². The van der Waals surface area contributed by atoms with E-state index in [0.717, 1.165) is 0 Å². The van der Waals surface area contributed by atoms with Crippen molar-refractivity contribution in [2.45, 2.75) is 13.8 Å². The monoisotopic (exact) mass is 193 g/mol. The highest BCUT2D eigenvalue weighted by atomic mass is 16.6.